The van der Waals surface area contributed by atoms with E-state index in [9.17, 15) is 4.79 Å². The molecule has 4 heteroatoms. The molecule has 0 saturated carbocycles. The Balaban J connectivity index is 2.08. The molecule has 0 N–H and O–H groups in total. The van der Waals surface area contributed by atoms with E-state index in [-0.39, 0.29) is 5.78 Å². The lowest BCUT2D eigenvalue weighted by Crippen LogP contribution is -2.45. The third-order valence-corrected chi connectivity index (χ3v) is 4.00. The number of fused-ring (bicyclic) bond motifs is 1. The minimum atomic E-state index is -0.762. The number of ether oxygens (including phenoxy) is 2. The average molecular weight is 271 g/mol. The summed E-state index contributed by atoms with van der Waals surface area (Å²) in [4.78, 5) is 17.3. The Morgan fingerprint density at radius 2 is 2.05 bits per heavy atom. The number of nitrogens with zero attached hydrogens (tertiary/aromatic N) is 1. The average Bonchev–Trinajstić information content (AvgIpc) is 2.54. The quantitative estimate of drug-likeness (QED) is 0.805. The summed E-state index contributed by atoms with van der Waals surface area (Å²) in [5, 5.41) is 0.878. The number of Topliss-reactive ketones (excluding diaryl/α,β-unsaturated/α-hetero) is 1. The summed E-state index contributed by atoms with van der Waals surface area (Å²) in [6.07, 6.45) is 2.93. The van der Waals surface area contributed by atoms with Gasteiger partial charge in [-0.25, -0.2) is 0 Å². The van der Waals surface area contributed by atoms with Crippen LogP contribution in [-0.2, 0) is 9.47 Å². The number of rotatable bonds is 3. The van der Waals surface area contributed by atoms with Crippen LogP contribution >= 0.6 is 0 Å². The van der Waals surface area contributed by atoms with Gasteiger partial charge in [0.1, 0.15) is 5.60 Å². The highest BCUT2D eigenvalue weighted by molar-refractivity contribution is 6.11. The number of carbonyl (C=O) groups excluding carboxylic acids is 1. The monoisotopic (exact) mass is 271 g/mol. The Morgan fingerprint density at radius 3 is 2.80 bits per heavy atom. The Kier molecular flexibility index (Phi) is 3.51. The molecule has 0 aliphatic carbocycles. The molecular weight excluding hydrogens is 254 g/mol. The van der Waals surface area contributed by atoms with Crippen molar-refractivity contribution in [3.8, 4) is 0 Å². The Morgan fingerprint density at radius 1 is 1.25 bits per heavy atom. The highest BCUT2D eigenvalue weighted by Crippen LogP contribution is 2.31. The third-order valence-electron chi connectivity index (χ3n) is 4.00. The molecule has 0 spiro atoms. The smallest absolute Gasteiger partial charge is 0.195 e. The molecule has 0 unspecified atom stereocenters. The van der Waals surface area contributed by atoms with Crippen LogP contribution in [0.3, 0.4) is 0 Å². The fraction of sp³-hybridized carbons (Fsp3) is 0.375. The topological polar surface area (TPSA) is 48.4 Å². The minimum absolute atomic E-state index is 0.0295. The molecule has 4 nitrogen and oxygen atoms in total. The van der Waals surface area contributed by atoms with Gasteiger partial charge in [0.15, 0.2) is 5.78 Å². The highest BCUT2D eigenvalue weighted by atomic mass is 16.5. The first kappa shape index (κ1) is 13.2. The number of benzene rings is 1. The van der Waals surface area contributed by atoms with Crippen LogP contribution < -0.4 is 0 Å². The second-order valence-corrected chi connectivity index (χ2v) is 5.02. The van der Waals surface area contributed by atoms with E-state index in [0.29, 0.717) is 31.6 Å². The van der Waals surface area contributed by atoms with Crippen LogP contribution in [0.5, 0.6) is 0 Å². The van der Waals surface area contributed by atoms with E-state index < -0.39 is 5.60 Å². The zero-order chi connectivity index (χ0) is 14.0. The third kappa shape index (κ3) is 2.11. The lowest BCUT2D eigenvalue weighted by molar-refractivity contribution is -0.0662. The Labute approximate surface area is 117 Å². The first-order valence-corrected chi connectivity index (χ1v) is 6.78. The standard InChI is InChI=1S/C16H17NO3/c1-19-16(7-10-20-11-8-16)15(18)13-4-2-6-14-12(13)5-3-9-17-14/h2-6,9H,7-8,10-11H2,1H3. The number of hydrogen-bond acceptors (Lipinski definition) is 4. The molecular formula is C16H17NO3. The second-order valence-electron chi connectivity index (χ2n) is 5.02. The van der Waals surface area contributed by atoms with Crippen LogP contribution in [-0.4, -0.2) is 36.7 Å². The van der Waals surface area contributed by atoms with Crippen molar-refractivity contribution >= 4 is 16.7 Å². The highest BCUT2D eigenvalue weighted by Gasteiger charge is 2.41. The number of ketones is 1. The largest absolute Gasteiger partial charge is 0.381 e. The summed E-state index contributed by atoms with van der Waals surface area (Å²) in [6.45, 7) is 1.12. The number of aromatic nitrogens is 1. The zero-order valence-corrected chi connectivity index (χ0v) is 11.5. The lowest BCUT2D eigenvalue weighted by Gasteiger charge is -2.34. The molecule has 1 aliphatic heterocycles. The first-order valence-electron chi connectivity index (χ1n) is 6.78. The fourth-order valence-corrected chi connectivity index (χ4v) is 2.77. The van der Waals surface area contributed by atoms with Gasteiger partial charge in [0.25, 0.3) is 0 Å². The van der Waals surface area contributed by atoms with Crippen LogP contribution in [0, 0.1) is 0 Å². The molecule has 1 aromatic heterocycles. The Bertz CT molecular complexity index is 627. The lowest BCUT2D eigenvalue weighted by atomic mass is 9.84. The molecule has 2 heterocycles. The van der Waals surface area contributed by atoms with Gasteiger partial charge in [-0.2, -0.15) is 0 Å². The van der Waals surface area contributed by atoms with Crippen molar-refractivity contribution in [1.82, 2.24) is 4.98 Å². The van der Waals surface area contributed by atoms with Gasteiger partial charge in [0, 0.05) is 50.3 Å². The van der Waals surface area contributed by atoms with E-state index in [1.807, 2.05) is 30.3 Å². The molecule has 20 heavy (non-hydrogen) atoms. The van der Waals surface area contributed by atoms with Crippen molar-refractivity contribution in [2.75, 3.05) is 20.3 Å². The number of carbonyl (C=O) groups is 1. The normalized spacial score (nSPS) is 18.1. The summed E-state index contributed by atoms with van der Waals surface area (Å²) in [5.41, 5.74) is 0.749. The van der Waals surface area contributed by atoms with Gasteiger partial charge in [-0.1, -0.05) is 18.2 Å². The first-order chi connectivity index (χ1) is 9.77. The zero-order valence-electron chi connectivity index (χ0n) is 11.5. The molecule has 1 aliphatic rings. The summed E-state index contributed by atoms with van der Waals surface area (Å²) in [6, 6.07) is 9.41. The van der Waals surface area contributed by atoms with E-state index in [1.165, 1.54) is 0 Å². The fourth-order valence-electron chi connectivity index (χ4n) is 2.77. The maximum Gasteiger partial charge on any atom is 0.195 e. The van der Waals surface area contributed by atoms with E-state index in [4.69, 9.17) is 9.47 Å². The number of pyridine rings is 1. The van der Waals surface area contributed by atoms with Gasteiger partial charge in [0.2, 0.25) is 0 Å². The van der Waals surface area contributed by atoms with Gasteiger partial charge >= 0.3 is 0 Å². The van der Waals surface area contributed by atoms with Gasteiger partial charge in [-0.3, -0.25) is 9.78 Å². The molecule has 0 amide bonds. The summed E-state index contributed by atoms with van der Waals surface area (Å²) < 4.78 is 10.9. The molecule has 3 rings (SSSR count). The van der Waals surface area contributed by atoms with Crippen molar-refractivity contribution in [2.45, 2.75) is 18.4 Å². The van der Waals surface area contributed by atoms with Crippen molar-refractivity contribution in [1.29, 1.82) is 0 Å². The van der Waals surface area contributed by atoms with E-state index in [2.05, 4.69) is 4.98 Å². The predicted octanol–water partition coefficient (Wildman–Crippen LogP) is 2.61. The van der Waals surface area contributed by atoms with Crippen molar-refractivity contribution in [2.24, 2.45) is 0 Å². The van der Waals surface area contributed by atoms with Crippen LogP contribution in [0.25, 0.3) is 10.9 Å². The maximum absolute atomic E-state index is 13.0. The minimum Gasteiger partial charge on any atom is -0.381 e. The predicted molar refractivity (Wildman–Crippen MR) is 75.9 cm³/mol. The summed E-state index contributed by atoms with van der Waals surface area (Å²) >= 11 is 0. The van der Waals surface area contributed by atoms with Crippen molar-refractivity contribution in [3.05, 3.63) is 42.1 Å². The molecule has 1 aromatic carbocycles. The van der Waals surface area contributed by atoms with E-state index in [1.54, 1.807) is 13.3 Å². The van der Waals surface area contributed by atoms with Gasteiger partial charge in [0.05, 0.1) is 5.52 Å². The van der Waals surface area contributed by atoms with Crippen LogP contribution in [0.15, 0.2) is 36.5 Å². The second kappa shape index (κ2) is 5.31. The Hall–Kier alpha value is -1.78. The van der Waals surface area contributed by atoms with Crippen molar-refractivity contribution < 1.29 is 14.3 Å². The number of hydrogen-bond donors (Lipinski definition) is 0. The molecule has 0 bridgehead atoms. The summed E-state index contributed by atoms with van der Waals surface area (Å²) in [7, 11) is 1.60. The number of methoxy groups -OCH3 is 1. The van der Waals surface area contributed by atoms with Crippen molar-refractivity contribution in [3.63, 3.8) is 0 Å². The molecule has 0 radical (unpaired) electrons. The maximum atomic E-state index is 13.0. The van der Waals surface area contributed by atoms with Gasteiger partial charge in [-0.05, 0) is 12.1 Å². The molecule has 2 aromatic rings. The van der Waals surface area contributed by atoms with Gasteiger partial charge in [-0.15, -0.1) is 0 Å². The SMILES string of the molecule is COC1(C(=O)c2cccc3ncccc23)CCOCC1. The molecule has 1 fully saturated rings. The van der Waals surface area contributed by atoms with E-state index >= 15 is 0 Å². The van der Waals surface area contributed by atoms with Crippen LogP contribution in [0.4, 0.5) is 0 Å². The van der Waals surface area contributed by atoms with Gasteiger partial charge < -0.3 is 9.47 Å². The van der Waals surface area contributed by atoms with Crippen LogP contribution in [0.1, 0.15) is 23.2 Å². The van der Waals surface area contributed by atoms with Crippen LogP contribution in [0.2, 0.25) is 0 Å². The molecule has 104 valence electrons. The molecule has 0 atom stereocenters. The summed E-state index contributed by atoms with van der Waals surface area (Å²) in [5.74, 6) is 0.0295. The molecule has 1 saturated heterocycles. The van der Waals surface area contributed by atoms with E-state index in [0.717, 1.165) is 10.9 Å².